The maximum absolute atomic E-state index is 3.98. The van der Waals surface area contributed by atoms with Crippen molar-refractivity contribution in [2.45, 2.75) is 13.0 Å². The minimum atomic E-state index is 0.822. The highest BCUT2D eigenvalue weighted by Gasteiger charge is 2.18. The lowest BCUT2D eigenvalue weighted by atomic mass is 10.1. The maximum Gasteiger partial charge on any atom is 0.0922 e. The van der Waals surface area contributed by atoms with Gasteiger partial charge in [0, 0.05) is 25.0 Å². The summed E-state index contributed by atoms with van der Waals surface area (Å²) >= 11 is 0. The first kappa shape index (κ1) is 9.68. The first-order chi connectivity index (χ1) is 6.84. The maximum atomic E-state index is 3.98. The molecule has 4 heteroatoms. The minimum absolute atomic E-state index is 0.822. The number of hydrogen-bond acceptors (Lipinski definition) is 3. The third-order valence-electron chi connectivity index (χ3n) is 2.79. The molecule has 2 N–H and O–H groups in total. The molecule has 0 bridgehead atoms. The van der Waals surface area contributed by atoms with Gasteiger partial charge in [-0.15, -0.1) is 0 Å². The molecule has 2 rings (SSSR count). The highest BCUT2D eigenvalue weighted by Crippen LogP contribution is 2.12. The first-order valence-corrected chi connectivity index (χ1v) is 5.21. The van der Waals surface area contributed by atoms with Gasteiger partial charge in [0.1, 0.15) is 0 Å². The van der Waals surface area contributed by atoms with Crippen LogP contribution in [-0.4, -0.2) is 41.5 Å². The molecule has 0 aliphatic carbocycles. The van der Waals surface area contributed by atoms with Crippen LogP contribution in [0, 0.1) is 5.92 Å². The molecular weight excluding hydrogens is 176 g/mol. The zero-order valence-electron chi connectivity index (χ0n) is 8.66. The van der Waals surface area contributed by atoms with Crippen LogP contribution >= 0.6 is 0 Å². The summed E-state index contributed by atoms with van der Waals surface area (Å²) in [5, 5.41) is 3.45. The predicted molar refractivity (Wildman–Crippen MR) is 55.9 cm³/mol. The Morgan fingerprint density at radius 1 is 1.71 bits per heavy atom. The number of likely N-dealkylation sites (tertiary alicyclic amines) is 1. The average Bonchev–Trinajstić information content (AvgIpc) is 2.77. The van der Waals surface area contributed by atoms with E-state index in [1.165, 1.54) is 19.5 Å². The predicted octanol–water partition coefficient (Wildman–Crippen LogP) is 0.451. The van der Waals surface area contributed by atoms with E-state index in [4.69, 9.17) is 0 Å². The summed E-state index contributed by atoms with van der Waals surface area (Å²) in [4.78, 5) is 9.46. The fourth-order valence-corrected chi connectivity index (χ4v) is 1.99. The standard InChI is InChI=1S/C10H18N4/c1-14-3-2-9(7-14)4-11-5-10-6-12-8-13-10/h6,8-9,11H,2-5,7H2,1H3,(H,12,13). The Hall–Kier alpha value is -0.870. The van der Waals surface area contributed by atoms with Crippen molar-refractivity contribution >= 4 is 0 Å². The molecule has 1 fully saturated rings. The monoisotopic (exact) mass is 194 g/mol. The topological polar surface area (TPSA) is 44.0 Å². The molecule has 0 aromatic carbocycles. The molecule has 14 heavy (non-hydrogen) atoms. The smallest absolute Gasteiger partial charge is 0.0922 e. The molecule has 4 nitrogen and oxygen atoms in total. The number of imidazole rings is 1. The zero-order valence-corrected chi connectivity index (χ0v) is 8.66. The van der Waals surface area contributed by atoms with E-state index >= 15 is 0 Å². The van der Waals surface area contributed by atoms with Crippen molar-refractivity contribution in [3.63, 3.8) is 0 Å². The molecule has 0 spiro atoms. The van der Waals surface area contributed by atoms with Gasteiger partial charge in [-0.3, -0.25) is 0 Å². The second-order valence-corrected chi connectivity index (χ2v) is 4.12. The van der Waals surface area contributed by atoms with Crippen LogP contribution < -0.4 is 5.32 Å². The van der Waals surface area contributed by atoms with Crippen LogP contribution in [0.15, 0.2) is 12.5 Å². The Bertz CT molecular complexity index is 257. The van der Waals surface area contributed by atoms with Gasteiger partial charge in [-0.2, -0.15) is 0 Å². The quantitative estimate of drug-likeness (QED) is 0.731. The third-order valence-corrected chi connectivity index (χ3v) is 2.79. The summed E-state index contributed by atoms with van der Waals surface area (Å²) in [5.74, 6) is 0.822. The first-order valence-electron chi connectivity index (χ1n) is 5.21. The van der Waals surface area contributed by atoms with Crippen molar-refractivity contribution in [1.29, 1.82) is 0 Å². The van der Waals surface area contributed by atoms with Gasteiger partial charge in [0.2, 0.25) is 0 Å². The molecule has 2 heterocycles. The number of hydrogen-bond donors (Lipinski definition) is 2. The minimum Gasteiger partial charge on any atom is -0.347 e. The lowest BCUT2D eigenvalue weighted by molar-refractivity contribution is 0.388. The lowest BCUT2D eigenvalue weighted by Gasteiger charge is -2.10. The van der Waals surface area contributed by atoms with E-state index < -0.39 is 0 Å². The second kappa shape index (κ2) is 4.57. The van der Waals surface area contributed by atoms with Gasteiger partial charge in [-0.1, -0.05) is 0 Å². The van der Waals surface area contributed by atoms with Crippen LogP contribution in [0.2, 0.25) is 0 Å². The molecule has 78 valence electrons. The number of nitrogens with zero attached hydrogens (tertiary/aromatic N) is 2. The van der Waals surface area contributed by atoms with Gasteiger partial charge in [-0.05, 0) is 32.5 Å². The summed E-state index contributed by atoms with van der Waals surface area (Å²) < 4.78 is 0. The van der Waals surface area contributed by atoms with E-state index in [1.54, 1.807) is 6.33 Å². The van der Waals surface area contributed by atoms with Crippen LogP contribution in [0.5, 0.6) is 0 Å². The van der Waals surface area contributed by atoms with Crippen LogP contribution in [0.4, 0.5) is 0 Å². The summed E-state index contributed by atoms with van der Waals surface area (Å²) in [6, 6.07) is 0. The highest BCUT2D eigenvalue weighted by atomic mass is 15.1. The zero-order chi connectivity index (χ0) is 9.80. The van der Waals surface area contributed by atoms with Gasteiger partial charge >= 0.3 is 0 Å². The largest absolute Gasteiger partial charge is 0.347 e. The summed E-state index contributed by atoms with van der Waals surface area (Å²) in [6.07, 6.45) is 4.92. The Morgan fingerprint density at radius 3 is 3.29 bits per heavy atom. The summed E-state index contributed by atoms with van der Waals surface area (Å²) in [6.45, 7) is 4.50. The fourth-order valence-electron chi connectivity index (χ4n) is 1.99. The Balaban J connectivity index is 1.64. The molecule has 0 saturated carbocycles. The molecule has 1 aromatic rings. The molecule has 0 amide bonds. The van der Waals surface area contributed by atoms with Crippen LogP contribution in [0.25, 0.3) is 0 Å². The number of aromatic nitrogens is 2. The van der Waals surface area contributed by atoms with Crippen molar-refractivity contribution < 1.29 is 0 Å². The molecule has 1 saturated heterocycles. The van der Waals surface area contributed by atoms with Gasteiger partial charge < -0.3 is 15.2 Å². The van der Waals surface area contributed by atoms with E-state index in [1.807, 2.05) is 6.20 Å². The Morgan fingerprint density at radius 2 is 2.64 bits per heavy atom. The summed E-state index contributed by atoms with van der Waals surface area (Å²) in [7, 11) is 2.19. The molecule has 1 aliphatic heterocycles. The van der Waals surface area contributed by atoms with E-state index in [9.17, 15) is 0 Å². The molecule has 1 unspecified atom stereocenters. The molecular formula is C10H18N4. The number of aromatic amines is 1. The van der Waals surface area contributed by atoms with Crippen molar-refractivity contribution in [2.75, 3.05) is 26.7 Å². The van der Waals surface area contributed by atoms with Gasteiger partial charge in [0.15, 0.2) is 0 Å². The Labute approximate surface area is 84.7 Å². The van der Waals surface area contributed by atoms with E-state index in [-0.39, 0.29) is 0 Å². The summed E-state index contributed by atoms with van der Waals surface area (Å²) in [5.41, 5.74) is 1.16. The van der Waals surface area contributed by atoms with Crippen molar-refractivity contribution in [3.8, 4) is 0 Å². The van der Waals surface area contributed by atoms with Crippen molar-refractivity contribution in [3.05, 3.63) is 18.2 Å². The number of rotatable bonds is 4. The van der Waals surface area contributed by atoms with Crippen LogP contribution in [-0.2, 0) is 6.54 Å². The van der Waals surface area contributed by atoms with Gasteiger partial charge in [0.05, 0.1) is 6.33 Å². The molecule has 0 radical (unpaired) electrons. The molecule has 1 aromatic heterocycles. The van der Waals surface area contributed by atoms with Gasteiger partial charge in [0.25, 0.3) is 0 Å². The number of nitrogens with one attached hydrogen (secondary N) is 2. The normalized spacial score (nSPS) is 23.1. The number of H-pyrrole nitrogens is 1. The van der Waals surface area contributed by atoms with Crippen molar-refractivity contribution in [1.82, 2.24) is 20.2 Å². The third kappa shape index (κ3) is 2.56. The second-order valence-electron chi connectivity index (χ2n) is 4.12. The SMILES string of the molecule is CN1CCC(CNCc2cnc[nH]2)C1. The fraction of sp³-hybridized carbons (Fsp3) is 0.700. The van der Waals surface area contributed by atoms with Crippen LogP contribution in [0.3, 0.4) is 0 Å². The highest BCUT2D eigenvalue weighted by molar-refractivity contribution is 4.93. The van der Waals surface area contributed by atoms with E-state index in [0.717, 1.165) is 24.7 Å². The molecule has 1 aliphatic rings. The molecule has 1 atom stereocenters. The van der Waals surface area contributed by atoms with Gasteiger partial charge in [-0.25, -0.2) is 4.98 Å². The van der Waals surface area contributed by atoms with E-state index in [2.05, 4.69) is 27.2 Å². The average molecular weight is 194 g/mol. The van der Waals surface area contributed by atoms with Crippen molar-refractivity contribution in [2.24, 2.45) is 5.92 Å². The van der Waals surface area contributed by atoms with E-state index in [0.29, 0.717) is 0 Å². The van der Waals surface area contributed by atoms with Crippen LogP contribution in [0.1, 0.15) is 12.1 Å². The lowest BCUT2D eigenvalue weighted by Crippen LogP contribution is -2.24. The Kier molecular flexibility index (Phi) is 3.16.